The van der Waals surface area contributed by atoms with Gasteiger partial charge in [0.15, 0.2) is 0 Å². The van der Waals surface area contributed by atoms with Crippen LogP contribution in [0, 0.1) is 6.92 Å². The quantitative estimate of drug-likeness (QED) is 0.713. The van der Waals surface area contributed by atoms with Crippen molar-refractivity contribution in [2.24, 2.45) is 0 Å². The Bertz CT molecular complexity index is 237. The number of hydrogen-bond donors (Lipinski definition) is 1. The molecular formula is C9H13NO. The van der Waals surface area contributed by atoms with Crippen LogP contribution in [0.4, 0.5) is 0 Å². The monoisotopic (exact) mass is 151 g/mol. The Hall–Kier alpha value is -0.760. The zero-order chi connectivity index (χ0) is 7.68. The van der Waals surface area contributed by atoms with Crippen molar-refractivity contribution in [1.29, 1.82) is 0 Å². The molecule has 1 aromatic heterocycles. The first-order chi connectivity index (χ1) is 5.34. The maximum Gasteiger partial charge on any atom is 0.101 e. The van der Waals surface area contributed by atoms with Gasteiger partial charge in [0.25, 0.3) is 0 Å². The van der Waals surface area contributed by atoms with Gasteiger partial charge in [0.1, 0.15) is 5.76 Å². The Balaban J connectivity index is 1.85. The van der Waals surface area contributed by atoms with Crippen LogP contribution in [-0.4, -0.2) is 6.04 Å². The molecule has 2 nitrogen and oxygen atoms in total. The molecule has 0 bridgehead atoms. The van der Waals surface area contributed by atoms with E-state index in [1.807, 2.05) is 13.2 Å². The summed E-state index contributed by atoms with van der Waals surface area (Å²) >= 11 is 0. The van der Waals surface area contributed by atoms with Crippen LogP contribution in [-0.2, 0) is 6.54 Å². The van der Waals surface area contributed by atoms with Gasteiger partial charge in [-0.25, -0.2) is 0 Å². The zero-order valence-electron chi connectivity index (χ0n) is 6.76. The number of hydrogen-bond acceptors (Lipinski definition) is 2. The number of rotatable bonds is 3. The molecule has 1 fully saturated rings. The second-order valence-electron chi connectivity index (χ2n) is 3.22. The first kappa shape index (κ1) is 6.92. The van der Waals surface area contributed by atoms with E-state index in [2.05, 4.69) is 11.4 Å². The van der Waals surface area contributed by atoms with Crippen molar-refractivity contribution in [2.45, 2.75) is 32.4 Å². The molecule has 1 heterocycles. The first-order valence-corrected chi connectivity index (χ1v) is 4.12. The summed E-state index contributed by atoms with van der Waals surface area (Å²) in [6.45, 7) is 2.93. The Morgan fingerprint density at radius 1 is 1.64 bits per heavy atom. The van der Waals surface area contributed by atoms with E-state index >= 15 is 0 Å². The third-order valence-electron chi connectivity index (χ3n) is 1.96. The molecule has 1 aromatic rings. The maximum atomic E-state index is 5.18. The molecule has 2 heteroatoms. The van der Waals surface area contributed by atoms with Crippen molar-refractivity contribution in [3.05, 3.63) is 23.7 Å². The van der Waals surface area contributed by atoms with E-state index in [1.165, 1.54) is 18.4 Å². The van der Waals surface area contributed by atoms with E-state index in [0.717, 1.165) is 18.3 Å². The van der Waals surface area contributed by atoms with E-state index in [0.29, 0.717) is 0 Å². The molecule has 0 aliphatic heterocycles. The van der Waals surface area contributed by atoms with Gasteiger partial charge in [-0.15, -0.1) is 0 Å². The van der Waals surface area contributed by atoms with Crippen LogP contribution < -0.4 is 5.32 Å². The standard InChI is InChI=1S/C9H13NO/c1-7-4-8(6-11-7)5-10-9-2-3-9/h4,6,9-10H,2-3,5H2,1H3. The Labute approximate surface area is 66.6 Å². The van der Waals surface area contributed by atoms with Crippen LogP contribution >= 0.6 is 0 Å². The highest BCUT2D eigenvalue weighted by molar-refractivity contribution is 5.11. The molecule has 0 radical (unpaired) electrons. The van der Waals surface area contributed by atoms with Gasteiger partial charge >= 0.3 is 0 Å². The van der Waals surface area contributed by atoms with Gasteiger partial charge in [-0.3, -0.25) is 0 Å². The minimum absolute atomic E-state index is 0.783. The van der Waals surface area contributed by atoms with Crippen molar-refractivity contribution < 1.29 is 4.42 Å². The van der Waals surface area contributed by atoms with Gasteiger partial charge in [-0.05, 0) is 25.8 Å². The van der Waals surface area contributed by atoms with Crippen LogP contribution in [0.15, 0.2) is 16.7 Å². The lowest BCUT2D eigenvalue weighted by Crippen LogP contribution is -2.14. The zero-order valence-corrected chi connectivity index (χ0v) is 6.76. The van der Waals surface area contributed by atoms with E-state index in [1.54, 1.807) is 0 Å². The summed E-state index contributed by atoms with van der Waals surface area (Å²) in [6.07, 6.45) is 4.51. The molecule has 0 aromatic carbocycles. The predicted octanol–water partition coefficient (Wildman–Crippen LogP) is 1.84. The van der Waals surface area contributed by atoms with Gasteiger partial charge in [-0.2, -0.15) is 0 Å². The molecule has 0 atom stereocenters. The van der Waals surface area contributed by atoms with Crippen molar-refractivity contribution in [2.75, 3.05) is 0 Å². The summed E-state index contributed by atoms with van der Waals surface area (Å²) in [5.74, 6) is 0.998. The fraction of sp³-hybridized carbons (Fsp3) is 0.556. The molecule has 1 aliphatic rings. The molecule has 0 saturated heterocycles. The topological polar surface area (TPSA) is 25.2 Å². The molecule has 11 heavy (non-hydrogen) atoms. The highest BCUT2D eigenvalue weighted by Crippen LogP contribution is 2.19. The number of aryl methyl sites for hydroxylation is 1. The Morgan fingerprint density at radius 2 is 2.45 bits per heavy atom. The van der Waals surface area contributed by atoms with E-state index < -0.39 is 0 Å². The van der Waals surface area contributed by atoms with Crippen molar-refractivity contribution in [3.63, 3.8) is 0 Å². The highest BCUT2D eigenvalue weighted by atomic mass is 16.3. The van der Waals surface area contributed by atoms with Gasteiger partial charge in [-0.1, -0.05) is 0 Å². The lowest BCUT2D eigenvalue weighted by molar-refractivity contribution is 0.529. The predicted molar refractivity (Wildman–Crippen MR) is 43.3 cm³/mol. The molecular weight excluding hydrogens is 138 g/mol. The smallest absolute Gasteiger partial charge is 0.101 e. The van der Waals surface area contributed by atoms with Crippen molar-refractivity contribution in [3.8, 4) is 0 Å². The van der Waals surface area contributed by atoms with Crippen LogP contribution in [0.5, 0.6) is 0 Å². The summed E-state index contributed by atoms with van der Waals surface area (Å²) in [6, 6.07) is 2.86. The highest BCUT2D eigenvalue weighted by Gasteiger charge is 2.19. The fourth-order valence-corrected chi connectivity index (χ4v) is 1.14. The van der Waals surface area contributed by atoms with Crippen molar-refractivity contribution >= 4 is 0 Å². The third kappa shape index (κ3) is 1.84. The normalized spacial score (nSPS) is 17.2. The third-order valence-corrected chi connectivity index (χ3v) is 1.96. The molecule has 60 valence electrons. The maximum absolute atomic E-state index is 5.18. The molecule has 0 amide bonds. The van der Waals surface area contributed by atoms with E-state index in [9.17, 15) is 0 Å². The van der Waals surface area contributed by atoms with Gasteiger partial charge in [0.2, 0.25) is 0 Å². The fourth-order valence-electron chi connectivity index (χ4n) is 1.14. The molecule has 2 rings (SSSR count). The van der Waals surface area contributed by atoms with Crippen LogP contribution in [0.25, 0.3) is 0 Å². The minimum atomic E-state index is 0.783. The summed E-state index contributed by atoms with van der Waals surface area (Å²) in [5, 5.41) is 3.43. The minimum Gasteiger partial charge on any atom is -0.469 e. The van der Waals surface area contributed by atoms with E-state index in [-0.39, 0.29) is 0 Å². The Kier molecular flexibility index (Phi) is 1.70. The lowest BCUT2D eigenvalue weighted by Gasteiger charge is -1.96. The molecule has 0 unspecified atom stereocenters. The lowest BCUT2D eigenvalue weighted by atomic mass is 10.3. The summed E-state index contributed by atoms with van der Waals surface area (Å²) in [7, 11) is 0. The second-order valence-corrected chi connectivity index (χ2v) is 3.22. The average molecular weight is 151 g/mol. The second kappa shape index (κ2) is 2.70. The van der Waals surface area contributed by atoms with Gasteiger partial charge < -0.3 is 9.73 Å². The van der Waals surface area contributed by atoms with Gasteiger partial charge in [0, 0.05) is 18.2 Å². The first-order valence-electron chi connectivity index (χ1n) is 4.12. The van der Waals surface area contributed by atoms with Crippen molar-refractivity contribution in [1.82, 2.24) is 5.32 Å². The SMILES string of the molecule is Cc1cc(CNC2CC2)co1. The van der Waals surface area contributed by atoms with Gasteiger partial charge in [0.05, 0.1) is 6.26 Å². The molecule has 1 aliphatic carbocycles. The average Bonchev–Trinajstić information content (AvgIpc) is 2.72. The summed E-state index contributed by atoms with van der Waals surface area (Å²) in [5.41, 5.74) is 1.26. The molecule has 1 N–H and O–H groups in total. The number of furan rings is 1. The molecule has 0 spiro atoms. The largest absolute Gasteiger partial charge is 0.469 e. The summed E-state index contributed by atoms with van der Waals surface area (Å²) < 4.78 is 5.18. The molecule has 1 saturated carbocycles. The Morgan fingerprint density at radius 3 is 3.00 bits per heavy atom. The number of nitrogens with one attached hydrogen (secondary N) is 1. The van der Waals surface area contributed by atoms with Crippen LogP contribution in [0.2, 0.25) is 0 Å². The van der Waals surface area contributed by atoms with Crippen LogP contribution in [0.3, 0.4) is 0 Å². The van der Waals surface area contributed by atoms with Crippen LogP contribution in [0.1, 0.15) is 24.2 Å². The summed E-state index contributed by atoms with van der Waals surface area (Å²) in [4.78, 5) is 0. The van der Waals surface area contributed by atoms with E-state index in [4.69, 9.17) is 4.42 Å².